The number of cyclic esters (lactones) is 1. The third-order valence-corrected chi connectivity index (χ3v) is 7.16. The highest BCUT2D eigenvalue weighted by molar-refractivity contribution is 5.88. The summed E-state index contributed by atoms with van der Waals surface area (Å²) >= 11 is 0. The Balaban J connectivity index is 1.54. The van der Waals surface area contributed by atoms with Crippen molar-refractivity contribution in [2.24, 2.45) is 0 Å². The number of aromatic nitrogens is 2. The van der Waals surface area contributed by atoms with Gasteiger partial charge < -0.3 is 14.0 Å². The third-order valence-electron chi connectivity index (χ3n) is 7.16. The van der Waals surface area contributed by atoms with Crippen LogP contribution in [0.5, 0.6) is 0 Å². The molecule has 0 saturated carbocycles. The molecule has 0 saturated heterocycles. The van der Waals surface area contributed by atoms with Crippen LogP contribution in [0.2, 0.25) is 0 Å². The zero-order chi connectivity index (χ0) is 24.6. The van der Waals surface area contributed by atoms with Crippen molar-refractivity contribution in [2.75, 3.05) is 0 Å². The SMILES string of the molecule is CCCCCCCC(=O)O[C@]1(CC)C(=O)OCc2c1cc1n(c2=O)Cc2cc3ccccc3nc2-1. The molecular weight excluding hydrogens is 444 g/mol. The van der Waals surface area contributed by atoms with Crippen LogP contribution in [0.4, 0.5) is 0 Å². The third kappa shape index (κ3) is 3.93. The molecule has 0 radical (unpaired) electrons. The van der Waals surface area contributed by atoms with Gasteiger partial charge in [-0.25, -0.2) is 9.78 Å². The Hall–Kier alpha value is -3.48. The molecule has 4 heterocycles. The summed E-state index contributed by atoms with van der Waals surface area (Å²) in [5.41, 5.74) is 2.07. The zero-order valence-corrected chi connectivity index (χ0v) is 20.3. The minimum atomic E-state index is -1.62. The zero-order valence-electron chi connectivity index (χ0n) is 20.3. The minimum absolute atomic E-state index is 0.130. The second-order valence-corrected chi connectivity index (χ2v) is 9.40. The summed E-state index contributed by atoms with van der Waals surface area (Å²) in [5, 5.41) is 1.01. The Bertz CT molecular complexity index is 1380. The molecule has 0 aliphatic carbocycles. The van der Waals surface area contributed by atoms with Crippen LogP contribution in [0.25, 0.3) is 22.3 Å². The van der Waals surface area contributed by atoms with Crippen molar-refractivity contribution in [3.8, 4) is 11.4 Å². The van der Waals surface area contributed by atoms with Gasteiger partial charge in [-0.1, -0.05) is 57.7 Å². The average molecular weight is 475 g/mol. The van der Waals surface area contributed by atoms with Gasteiger partial charge in [0.2, 0.25) is 5.60 Å². The van der Waals surface area contributed by atoms with E-state index < -0.39 is 17.5 Å². The molecule has 182 valence electrons. The smallest absolute Gasteiger partial charge is 0.355 e. The Kier molecular flexibility index (Phi) is 6.17. The van der Waals surface area contributed by atoms with Crippen LogP contribution >= 0.6 is 0 Å². The molecule has 35 heavy (non-hydrogen) atoms. The molecule has 2 aliphatic rings. The van der Waals surface area contributed by atoms with Gasteiger partial charge in [0.25, 0.3) is 5.56 Å². The standard InChI is InChI=1S/C28H30N2O5/c1-3-5-6-7-8-13-24(31)35-28(4-2)21-15-23-25-19(14-18-11-9-10-12-22(18)29-25)16-30(23)26(32)20(21)17-34-27(28)33/h9-12,14-15H,3-8,13,16-17H2,1-2H3/t28-/m0/s1. The normalized spacial score (nSPS) is 18.1. The van der Waals surface area contributed by atoms with E-state index in [1.54, 1.807) is 11.5 Å². The van der Waals surface area contributed by atoms with E-state index in [0.717, 1.165) is 47.8 Å². The van der Waals surface area contributed by atoms with Gasteiger partial charge in [-0.3, -0.25) is 9.59 Å². The molecule has 1 aromatic carbocycles. The lowest BCUT2D eigenvalue weighted by atomic mass is 9.85. The number of carbonyl (C=O) groups excluding carboxylic acids is 2. The van der Waals surface area contributed by atoms with E-state index in [4.69, 9.17) is 14.5 Å². The number of ether oxygens (including phenoxy) is 2. The molecule has 2 aromatic heterocycles. The number of carbonyl (C=O) groups is 2. The number of unbranched alkanes of at least 4 members (excludes halogenated alkanes) is 4. The molecule has 0 amide bonds. The highest BCUT2D eigenvalue weighted by atomic mass is 16.6. The van der Waals surface area contributed by atoms with E-state index in [0.29, 0.717) is 29.8 Å². The van der Waals surface area contributed by atoms with E-state index in [1.165, 1.54) is 0 Å². The molecule has 0 unspecified atom stereocenters. The second-order valence-electron chi connectivity index (χ2n) is 9.40. The van der Waals surface area contributed by atoms with Crippen LogP contribution in [0.15, 0.2) is 41.2 Å². The van der Waals surface area contributed by atoms with Gasteiger partial charge in [-0.05, 0) is 31.0 Å². The number of hydrogen-bond donors (Lipinski definition) is 0. The van der Waals surface area contributed by atoms with Crippen LogP contribution in [-0.2, 0) is 37.8 Å². The van der Waals surface area contributed by atoms with Crippen molar-refractivity contribution in [1.29, 1.82) is 0 Å². The maximum absolute atomic E-state index is 13.5. The monoisotopic (exact) mass is 474 g/mol. The minimum Gasteiger partial charge on any atom is -0.457 e. The number of rotatable bonds is 8. The van der Waals surface area contributed by atoms with Gasteiger partial charge in [0.1, 0.15) is 6.61 Å². The number of benzene rings is 1. The summed E-state index contributed by atoms with van der Waals surface area (Å²) in [6.45, 7) is 4.19. The molecule has 5 rings (SSSR count). The Morgan fingerprint density at radius 1 is 1.11 bits per heavy atom. The number of para-hydroxylation sites is 1. The molecule has 0 N–H and O–H groups in total. The molecule has 0 spiro atoms. The lowest BCUT2D eigenvalue weighted by Gasteiger charge is -2.35. The lowest BCUT2D eigenvalue weighted by Crippen LogP contribution is -2.47. The van der Waals surface area contributed by atoms with Crippen molar-refractivity contribution < 1.29 is 19.1 Å². The van der Waals surface area contributed by atoms with Crippen LogP contribution in [-0.4, -0.2) is 21.5 Å². The molecule has 1 atom stereocenters. The van der Waals surface area contributed by atoms with Crippen molar-refractivity contribution in [3.05, 3.63) is 63.4 Å². The topological polar surface area (TPSA) is 87.5 Å². The highest BCUT2D eigenvalue weighted by Crippen LogP contribution is 2.41. The maximum atomic E-state index is 13.5. The van der Waals surface area contributed by atoms with Crippen LogP contribution in [0.1, 0.15) is 75.5 Å². The summed E-state index contributed by atoms with van der Waals surface area (Å²) < 4.78 is 12.9. The number of fused-ring (bicyclic) bond motifs is 5. The first-order chi connectivity index (χ1) is 17.0. The van der Waals surface area contributed by atoms with Gasteiger partial charge >= 0.3 is 11.9 Å². The molecule has 3 aromatic rings. The van der Waals surface area contributed by atoms with Crippen LogP contribution in [0, 0.1) is 0 Å². The molecule has 7 nitrogen and oxygen atoms in total. The fraction of sp³-hybridized carbons (Fsp3) is 0.429. The summed E-state index contributed by atoms with van der Waals surface area (Å²) in [6.07, 6.45) is 5.38. The van der Waals surface area contributed by atoms with Gasteiger partial charge in [-0.2, -0.15) is 0 Å². The summed E-state index contributed by atoms with van der Waals surface area (Å²) in [7, 11) is 0. The largest absolute Gasteiger partial charge is 0.457 e. The fourth-order valence-electron chi connectivity index (χ4n) is 5.20. The van der Waals surface area contributed by atoms with E-state index >= 15 is 0 Å². The first-order valence-electron chi connectivity index (χ1n) is 12.5. The highest BCUT2D eigenvalue weighted by Gasteiger charge is 2.50. The fourth-order valence-corrected chi connectivity index (χ4v) is 5.20. The summed E-state index contributed by atoms with van der Waals surface area (Å²) in [6, 6.07) is 11.7. The summed E-state index contributed by atoms with van der Waals surface area (Å²) in [4.78, 5) is 44.2. The van der Waals surface area contributed by atoms with E-state index in [9.17, 15) is 14.4 Å². The van der Waals surface area contributed by atoms with E-state index in [2.05, 4.69) is 13.0 Å². The van der Waals surface area contributed by atoms with Crippen LogP contribution in [0.3, 0.4) is 0 Å². The number of hydrogen-bond acceptors (Lipinski definition) is 6. The molecule has 2 aliphatic heterocycles. The molecule has 0 bridgehead atoms. The van der Waals surface area contributed by atoms with Gasteiger partial charge in [-0.15, -0.1) is 0 Å². The first kappa shape index (κ1) is 23.3. The number of nitrogens with zero attached hydrogens (tertiary/aromatic N) is 2. The molecule has 7 heteroatoms. The Labute approximate surface area is 204 Å². The van der Waals surface area contributed by atoms with E-state index in [-0.39, 0.29) is 25.0 Å². The van der Waals surface area contributed by atoms with Gasteiger partial charge in [0.05, 0.1) is 29.0 Å². The van der Waals surface area contributed by atoms with Crippen molar-refractivity contribution in [3.63, 3.8) is 0 Å². The van der Waals surface area contributed by atoms with Gasteiger partial charge in [0, 0.05) is 22.9 Å². The molecule has 0 fully saturated rings. The van der Waals surface area contributed by atoms with Crippen molar-refractivity contribution in [2.45, 2.75) is 77.5 Å². The Morgan fingerprint density at radius 2 is 1.91 bits per heavy atom. The lowest BCUT2D eigenvalue weighted by molar-refractivity contribution is -0.189. The predicted molar refractivity (Wildman–Crippen MR) is 132 cm³/mol. The first-order valence-corrected chi connectivity index (χ1v) is 12.5. The number of esters is 2. The van der Waals surface area contributed by atoms with E-state index in [1.807, 2.05) is 30.3 Å². The predicted octanol–water partition coefficient (Wildman–Crippen LogP) is 4.99. The average Bonchev–Trinajstić information content (AvgIpc) is 3.22. The number of pyridine rings is 2. The second kappa shape index (κ2) is 9.29. The molecular formula is C28H30N2O5. The maximum Gasteiger partial charge on any atom is 0.355 e. The van der Waals surface area contributed by atoms with Gasteiger partial charge in [0.15, 0.2) is 0 Å². The Morgan fingerprint density at radius 3 is 2.71 bits per heavy atom. The van der Waals surface area contributed by atoms with Crippen molar-refractivity contribution in [1.82, 2.24) is 9.55 Å². The summed E-state index contributed by atoms with van der Waals surface area (Å²) in [5.74, 6) is -1.07. The van der Waals surface area contributed by atoms with Crippen molar-refractivity contribution >= 4 is 22.8 Å². The quantitative estimate of drug-likeness (QED) is 0.264. The van der Waals surface area contributed by atoms with Crippen LogP contribution < -0.4 is 5.56 Å².